The Morgan fingerprint density at radius 3 is 2.69 bits per heavy atom. The van der Waals surface area contributed by atoms with Crippen LogP contribution in [0.2, 0.25) is 0 Å². The van der Waals surface area contributed by atoms with Crippen molar-refractivity contribution in [2.75, 3.05) is 18.0 Å². The smallest absolute Gasteiger partial charge is 0.414 e. The third-order valence-electron chi connectivity index (χ3n) is 4.78. The fourth-order valence-electron chi connectivity index (χ4n) is 3.22. The Hall–Kier alpha value is -3.23. The van der Waals surface area contributed by atoms with E-state index in [0.717, 1.165) is 16.8 Å². The third kappa shape index (κ3) is 4.28. The molecule has 1 aromatic heterocycles. The van der Waals surface area contributed by atoms with Crippen LogP contribution in [0.1, 0.15) is 11.3 Å². The Morgan fingerprint density at radius 1 is 1.21 bits per heavy atom. The highest BCUT2D eigenvalue weighted by atomic mass is 19.1. The summed E-state index contributed by atoms with van der Waals surface area (Å²) in [4.78, 5) is 17.4. The zero-order valence-corrected chi connectivity index (χ0v) is 15.7. The first-order valence-electron chi connectivity index (χ1n) is 9.29. The molecule has 29 heavy (non-hydrogen) atoms. The molecule has 1 fully saturated rings. The molecule has 2 heterocycles. The second-order valence-electron chi connectivity index (χ2n) is 6.80. The number of rotatable bonds is 7. The molecule has 0 unspecified atom stereocenters. The van der Waals surface area contributed by atoms with Gasteiger partial charge in [0.1, 0.15) is 18.2 Å². The predicted molar refractivity (Wildman–Crippen MR) is 106 cm³/mol. The molecule has 8 heteroatoms. The van der Waals surface area contributed by atoms with Crippen LogP contribution in [-0.4, -0.2) is 30.3 Å². The van der Waals surface area contributed by atoms with Crippen molar-refractivity contribution in [3.05, 3.63) is 72.2 Å². The van der Waals surface area contributed by atoms with Gasteiger partial charge in [-0.05, 0) is 29.3 Å². The zero-order chi connectivity index (χ0) is 20.2. The lowest BCUT2D eigenvalue weighted by Gasteiger charge is -2.14. The van der Waals surface area contributed by atoms with Crippen LogP contribution in [-0.2, 0) is 17.8 Å². The standard InChI is InChI=1S/C21H21FN4O3/c22-20-7-17(26-11-18(8-23)29-21(26)27)5-6-19(20)15-3-1-14(2-4-15)9-24-10-16-12-28-13-25-16/h1-7,12-13,18,24H,8-11,23H2/t18-/m0/s1. The van der Waals surface area contributed by atoms with Crippen LogP contribution in [0, 0.1) is 5.82 Å². The Labute approximate surface area is 167 Å². The summed E-state index contributed by atoms with van der Waals surface area (Å²) in [5, 5.41) is 3.27. The van der Waals surface area contributed by atoms with E-state index < -0.39 is 11.9 Å². The molecule has 0 bridgehead atoms. The summed E-state index contributed by atoms with van der Waals surface area (Å²) in [6, 6.07) is 12.4. The van der Waals surface area contributed by atoms with Crippen LogP contribution >= 0.6 is 0 Å². The molecule has 1 atom stereocenters. The summed E-state index contributed by atoms with van der Waals surface area (Å²) in [6.45, 7) is 1.83. The quantitative estimate of drug-likeness (QED) is 0.638. The second kappa shape index (κ2) is 8.42. The maximum absolute atomic E-state index is 14.7. The molecule has 3 N–H and O–H groups in total. The number of halogens is 1. The number of anilines is 1. The van der Waals surface area contributed by atoms with Gasteiger partial charge in [-0.2, -0.15) is 0 Å². The van der Waals surface area contributed by atoms with Crippen LogP contribution < -0.4 is 16.0 Å². The van der Waals surface area contributed by atoms with E-state index in [0.29, 0.717) is 30.9 Å². The van der Waals surface area contributed by atoms with E-state index in [-0.39, 0.29) is 12.6 Å². The Kier molecular flexibility index (Phi) is 5.55. The molecule has 0 saturated carbocycles. The fraction of sp³-hybridized carbons (Fsp3) is 0.238. The Morgan fingerprint density at radius 2 is 2.03 bits per heavy atom. The molecule has 2 aromatic carbocycles. The monoisotopic (exact) mass is 396 g/mol. The minimum absolute atomic E-state index is 0.239. The van der Waals surface area contributed by atoms with Crippen molar-refractivity contribution in [2.45, 2.75) is 19.2 Å². The molecule has 0 radical (unpaired) electrons. The van der Waals surface area contributed by atoms with Crippen molar-refractivity contribution in [2.24, 2.45) is 5.73 Å². The van der Waals surface area contributed by atoms with Gasteiger partial charge in [-0.1, -0.05) is 24.3 Å². The molecule has 4 rings (SSSR count). The van der Waals surface area contributed by atoms with Gasteiger partial charge in [0.25, 0.3) is 0 Å². The van der Waals surface area contributed by atoms with E-state index in [2.05, 4.69) is 10.3 Å². The van der Waals surface area contributed by atoms with Gasteiger partial charge >= 0.3 is 6.09 Å². The van der Waals surface area contributed by atoms with E-state index in [1.54, 1.807) is 18.4 Å². The minimum Gasteiger partial charge on any atom is -0.451 e. The Bertz CT molecular complexity index is 976. The number of ether oxygens (including phenoxy) is 1. The number of hydrogen-bond acceptors (Lipinski definition) is 6. The average molecular weight is 396 g/mol. The van der Waals surface area contributed by atoms with Crippen molar-refractivity contribution in [3.63, 3.8) is 0 Å². The molecule has 3 aromatic rings. The van der Waals surface area contributed by atoms with Crippen LogP contribution in [0.15, 0.2) is 59.5 Å². The topological polar surface area (TPSA) is 93.6 Å². The molecule has 1 amide bonds. The molecule has 1 aliphatic rings. The molecule has 7 nitrogen and oxygen atoms in total. The number of aromatic nitrogens is 1. The molecular weight excluding hydrogens is 375 g/mol. The van der Waals surface area contributed by atoms with Gasteiger partial charge in [0, 0.05) is 25.2 Å². The SMILES string of the molecule is NC[C@H]1CN(c2ccc(-c3ccc(CNCc4cocn4)cc3)c(F)c2)C(=O)O1. The van der Waals surface area contributed by atoms with Crippen LogP contribution in [0.5, 0.6) is 0 Å². The van der Waals surface area contributed by atoms with Gasteiger partial charge in [-0.15, -0.1) is 0 Å². The normalized spacial score (nSPS) is 16.3. The van der Waals surface area contributed by atoms with Gasteiger partial charge in [-0.25, -0.2) is 14.2 Å². The first kappa shape index (κ1) is 19.1. The molecular formula is C21H21FN4O3. The van der Waals surface area contributed by atoms with Crippen molar-refractivity contribution in [1.29, 1.82) is 0 Å². The highest BCUT2D eigenvalue weighted by Crippen LogP contribution is 2.29. The minimum atomic E-state index is -0.505. The van der Waals surface area contributed by atoms with Gasteiger partial charge in [0.15, 0.2) is 6.39 Å². The molecule has 1 saturated heterocycles. The summed E-state index contributed by atoms with van der Waals surface area (Å²) >= 11 is 0. The van der Waals surface area contributed by atoms with Crippen molar-refractivity contribution < 1.29 is 18.3 Å². The number of amides is 1. The number of nitrogens with one attached hydrogen (secondary N) is 1. The largest absolute Gasteiger partial charge is 0.451 e. The molecule has 150 valence electrons. The van der Waals surface area contributed by atoms with E-state index in [1.807, 2.05) is 24.3 Å². The van der Waals surface area contributed by atoms with Gasteiger partial charge in [0.05, 0.1) is 17.9 Å². The van der Waals surface area contributed by atoms with E-state index in [1.165, 1.54) is 17.4 Å². The average Bonchev–Trinajstić information content (AvgIpc) is 3.38. The number of carbonyl (C=O) groups is 1. The maximum Gasteiger partial charge on any atom is 0.414 e. The van der Waals surface area contributed by atoms with E-state index in [9.17, 15) is 9.18 Å². The van der Waals surface area contributed by atoms with Gasteiger partial charge in [-0.3, -0.25) is 4.90 Å². The first-order chi connectivity index (χ1) is 14.1. The predicted octanol–water partition coefficient (Wildman–Crippen LogP) is 3.05. The summed E-state index contributed by atoms with van der Waals surface area (Å²) in [6.07, 6.45) is 2.13. The van der Waals surface area contributed by atoms with E-state index in [4.69, 9.17) is 14.9 Å². The zero-order valence-electron chi connectivity index (χ0n) is 15.7. The first-order valence-corrected chi connectivity index (χ1v) is 9.29. The van der Waals surface area contributed by atoms with Crippen molar-refractivity contribution >= 4 is 11.8 Å². The maximum atomic E-state index is 14.7. The summed E-state index contributed by atoms with van der Waals surface area (Å²) in [5.74, 6) is -0.400. The number of oxazole rings is 1. The van der Waals surface area contributed by atoms with Crippen molar-refractivity contribution in [1.82, 2.24) is 10.3 Å². The fourth-order valence-corrected chi connectivity index (χ4v) is 3.22. The number of carbonyl (C=O) groups excluding carboxylic acids is 1. The van der Waals surface area contributed by atoms with Crippen LogP contribution in [0.25, 0.3) is 11.1 Å². The van der Waals surface area contributed by atoms with Crippen LogP contribution in [0.4, 0.5) is 14.9 Å². The number of nitrogens with two attached hydrogens (primary N) is 1. The lowest BCUT2D eigenvalue weighted by atomic mass is 10.0. The second-order valence-corrected chi connectivity index (χ2v) is 6.80. The highest BCUT2D eigenvalue weighted by molar-refractivity contribution is 5.90. The van der Waals surface area contributed by atoms with E-state index >= 15 is 0 Å². The molecule has 0 aliphatic carbocycles. The van der Waals surface area contributed by atoms with Gasteiger partial charge < -0.3 is 20.2 Å². The van der Waals surface area contributed by atoms with Crippen LogP contribution in [0.3, 0.4) is 0 Å². The number of benzene rings is 2. The Balaban J connectivity index is 1.42. The lowest BCUT2D eigenvalue weighted by Crippen LogP contribution is -2.27. The van der Waals surface area contributed by atoms with Gasteiger partial charge in [0.2, 0.25) is 0 Å². The summed E-state index contributed by atoms with van der Waals surface area (Å²) in [7, 11) is 0. The number of cyclic esters (lactones) is 1. The molecule has 0 spiro atoms. The number of nitrogens with zero attached hydrogens (tertiary/aromatic N) is 2. The highest BCUT2D eigenvalue weighted by Gasteiger charge is 2.31. The number of hydrogen-bond donors (Lipinski definition) is 2. The lowest BCUT2D eigenvalue weighted by molar-refractivity contribution is 0.145. The third-order valence-corrected chi connectivity index (χ3v) is 4.78. The molecule has 1 aliphatic heterocycles. The summed E-state index contributed by atoms with van der Waals surface area (Å²) < 4.78 is 24.8. The summed E-state index contributed by atoms with van der Waals surface area (Å²) in [5.41, 5.74) is 9.14. The van der Waals surface area contributed by atoms with Crippen molar-refractivity contribution in [3.8, 4) is 11.1 Å².